The van der Waals surface area contributed by atoms with Crippen molar-refractivity contribution >= 4 is 5.91 Å². The zero-order chi connectivity index (χ0) is 19.5. The van der Waals surface area contributed by atoms with Gasteiger partial charge in [0.25, 0.3) is 5.91 Å². The number of nitrogens with zero attached hydrogens (tertiary/aromatic N) is 6. The third-order valence-corrected chi connectivity index (χ3v) is 5.15. The molecule has 0 spiro atoms. The van der Waals surface area contributed by atoms with Gasteiger partial charge in [-0.1, -0.05) is 5.16 Å². The lowest BCUT2D eigenvalue weighted by Gasteiger charge is -2.24. The van der Waals surface area contributed by atoms with Crippen LogP contribution in [0.4, 0.5) is 0 Å². The lowest BCUT2D eigenvalue weighted by Crippen LogP contribution is -2.36. The summed E-state index contributed by atoms with van der Waals surface area (Å²) in [5.74, 6) is 0.736. The van der Waals surface area contributed by atoms with Crippen molar-refractivity contribution in [3.8, 4) is 11.3 Å². The van der Waals surface area contributed by atoms with Crippen LogP contribution in [0, 0.1) is 13.8 Å². The van der Waals surface area contributed by atoms with Gasteiger partial charge < -0.3 is 9.42 Å². The lowest BCUT2D eigenvalue weighted by molar-refractivity contribution is 0.0729. The van der Waals surface area contributed by atoms with Crippen molar-refractivity contribution in [3.63, 3.8) is 0 Å². The van der Waals surface area contributed by atoms with Crippen LogP contribution in [0.2, 0.25) is 0 Å². The first-order valence-electron chi connectivity index (χ1n) is 9.43. The summed E-state index contributed by atoms with van der Waals surface area (Å²) >= 11 is 0. The van der Waals surface area contributed by atoms with Crippen LogP contribution in [-0.2, 0) is 6.42 Å². The topological polar surface area (TPSA) is 97.9 Å². The van der Waals surface area contributed by atoms with Crippen LogP contribution >= 0.6 is 0 Å². The minimum atomic E-state index is -0.00124. The molecule has 28 heavy (non-hydrogen) atoms. The van der Waals surface area contributed by atoms with E-state index < -0.39 is 0 Å². The van der Waals surface area contributed by atoms with E-state index in [1.807, 2.05) is 18.7 Å². The molecule has 1 fully saturated rings. The van der Waals surface area contributed by atoms with Crippen molar-refractivity contribution in [2.24, 2.45) is 0 Å². The molecule has 0 bridgehead atoms. The van der Waals surface area contributed by atoms with Gasteiger partial charge in [-0.05, 0) is 39.5 Å². The van der Waals surface area contributed by atoms with E-state index in [2.05, 4.69) is 20.1 Å². The van der Waals surface area contributed by atoms with Crippen LogP contribution < -0.4 is 0 Å². The third-order valence-electron chi connectivity index (χ3n) is 5.15. The molecule has 0 aliphatic carbocycles. The smallest absolute Gasteiger partial charge is 0.257 e. The van der Waals surface area contributed by atoms with Gasteiger partial charge in [0.2, 0.25) is 0 Å². The summed E-state index contributed by atoms with van der Waals surface area (Å²) < 4.78 is 5.24. The van der Waals surface area contributed by atoms with Gasteiger partial charge in [-0.15, -0.1) is 0 Å². The first kappa shape index (κ1) is 18.2. The zero-order valence-electron chi connectivity index (χ0n) is 16.0. The molecule has 1 aliphatic rings. The molecule has 4 heterocycles. The van der Waals surface area contributed by atoms with E-state index in [1.54, 1.807) is 24.8 Å². The van der Waals surface area contributed by atoms with Gasteiger partial charge in [0.05, 0.1) is 34.4 Å². The van der Waals surface area contributed by atoms with Crippen molar-refractivity contribution in [2.45, 2.75) is 45.6 Å². The number of amides is 1. The van der Waals surface area contributed by atoms with Gasteiger partial charge in [-0.25, -0.2) is 15.0 Å². The van der Waals surface area contributed by atoms with Crippen LogP contribution in [0.25, 0.3) is 11.3 Å². The number of hydrogen-bond donors (Lipinski definition) is 0. The monoisotopic (exact) mass is 378 g/mol. The zero-order valence-corrected chi connectivity index (χ0v) is 16.0. The van der Waals surface area contributed by atoms with E-state index in [-0.39, 0.29) is 11.9 Å². The fourth-order valence-electron chi connectivity index (χ4n) is 3.79. The van der Waals surface area contributed by atoms with Crippen molar-refractivity contribution in [1.82, 2.24) is 30.0 Å². The first-order chi connectivity index (χ1) is 13.6. The van der Waals surface area contributed by atoms with Gasteiger partial charge in [0.1, 0.15) is 12.1 Å². The van der Waals surface area contributed by atoms with Gasteiger partial charge >= 0.3 is 0 Å². The maximum Gasteiger partial charge on any atom is 0.257 e. The van der Waals surface area contributed by atoms with E-state index in [0.717, 1.165) is 60.6 Å². The Kier molecular flexibility index (Phi) is 5.10. The summed E-state index contributed by atoms with van der Waals surface area (Å²) in [5.41, 5.74) is 3.92. The Bertz CT molecular complexity index is 952. The number of carbonyl (C=O) groups excluding carboxylic acids is 1. The second-order valence-corrected chi connectivity index (χ2v) is 7.06. The Balaban J connectivity index is 1.46. The average Bonchev–Trinajstić information content (AvgIpc) is 3.33. The van der Waals surface area contributed by atoms with Crippen LogP contribution in [0.3, 0.4) is 0 Å². The molecule has 144 valence electrons. The minimum Gasteiger partial charge on any atom is -0.361 e. The average molecular weight is 378 g/mol. The highest BCUT2D eigenvalue weighted by Crippen LogP contribution is 2.26. The molecule has 0 radical (unpaired) electrons. The summed E-state index contributed by atoms with van der Waals surface area (Å²) in [4.78, 5) is 31.7. The number of carbonyl (C=O) groups is 1. The molecule has 1 aliphatic heterocycles. The SMILES string of the molecule is Cc1noc(C)c1-c1cncc(CC[C@@H]2CCCN2C(=O)c2cncnc2)n1. The van der Waals surface area contributed by atoms with E-state index in [0.29, 0.717) is 5.56 Å². The predicted octanol–water partition coefficient (Wildman–Crippen LogP) is 2.78. The number of likely N-dealkylation sites (tertiary alicyclic amines) is 1. The fraction of sp³-hybridized carbons (Fsp3) is 0.400. The van der Waals surface area contributed by atoms with Gasteiger partial charge in [0, 0.05) is 31.2 Å². The third kappa shape index (κ3) is 3.62. The van der Waals surface area contributed by atoms with Gasteiger partial charge in [0.15, 0.2) is 0 Å². The van der Waals surface area contributed by atoms with Crippen molar-refractivity contribution in [3.05, 3.63) is 53.8 Å². The number of hydrogen-bond acceptors (Lipinski definition) is 7. The maximum absolute atomic E-state index is 12.8. The molecule has 4 rings (SSSR count). The molecule has 1 atom stereocenters. The molecule has 3 aromatic heterocycles. The summed E-state index contributed by atoms with van der Waals surface area (Å²) in [6.45, 7) is 4.54. The van der Waals surface area contributed by atoms with Gasteiger partial charge in [-0.2, -0.15) is 0 Å². The quantitative estimate of drug-likeness (QED) is 0.673. The van der Waals surface area contributed by atoms with E-state index in [9.17, 15) is 4.79 Å². The maximum atomic E-state index is 12.8. The number of rotatable bonds is 5. The normalized spacial score (nSPS) is 16.5. The Morgan fingerprint density at radius 1 is 1.18 bits per heavy atom. The summed E-state index contributed by atoms with van der Waals surface area (Å²) in [6, 6.07) is 0.192. The Morgan fingerprint density at radius 3 is 2.75 bits per heavy atom. The van der Waals surface area contributed by atoms with E-state index >= 15 is 0 Å². The lowest BCUT2D eigenvalue weighted by atomic mass is 10.1. The molecule has 3 aromatic rings. The minimum absolute atomic E-state index is 0.00124. The molecule has 8 heteroatoms. The van der Waals surface area contributed by atoms with Crippen molar-refractivity contribution in [1.29, 1.82) is 0 Å². The molecular weight excluding hydrogens is 356 g/mol. The first-order valence-corrected chi connectivity index (χ1v) is 9.43. The summed E-state index contributed by atoms with van der Waals surface area (Å²) in [7, 11) is 0. The second-order valence-electron chi connectivity index (χ2n) is 7.06. The summed E-state index contributed by atoms with van der Waals surface area (Å²) in [6.07, 6.45) is 11.7. The van der Waals surface area contributed by atoms with Crippen molar-refractivity contribution in [2.75, 3.05) is 6.54 Å². The highest BCUT2D eigenvalue weighted by molar-refractivity contribution is 5.94. The molecule has 8 nitrogen and oxygen atoms in total. The molecule has 1 amide bonds. The Labute approximate surface area is 163 Å². The standard InChI is InChI=1S/C20H22N6O2/c1-13-19(14(2)28-25-13)18-11-21-10-16(24-18)5-6-17-4-3-7-26(17)20(27)15-8-22-12-23-9-15/h8-12,17H,3-7H2,1-2H3/t17-/m0/s1. The largest absolute Gasteiger partial charge is 0.361 e. The molecule has 0 N–H and O–H groups in total. The van der Waals surface area contributed by atoms with Crippen LogP contribution in [0.15, 0.2) is 35.6 Å². The van der Waals surface area contributed by atoms with E-state index in [1.165, 1.54) is 6.33 Å². The number of aryl methyl sites for hydroxylation is 3. The van der Waals surface area contributed by atoms with E-state index in [4.69, 9.17) is 9.51 Å². The van der Waals surface area contributed by atoms with Crippen molar-refractivity contribution < 1.29 is 9.32 Å². The molecule has 0 aromatic carbocycles. The molecule has 0 unspecified atom stereocenters. The Morgan fingerprint density at radius 2 is 2.00 bits per heavy atom. The second kappa shape index (κ2) is 7.84. The number of aromatic nitrogens is 5. The molecule has 1 saturated heterocycles. The Hall–Kier alpha value is -3.16. The van der Waals surface area contributed by atoms with Crippen LogP contribution in [0.5, 0.6) is 0 Å². The fourth-order valence-corrected chi connectivity index (χ4v) is 3.79. The predicted molar refractivity (Wildman–Crippen MR) is 101 cm³/mol. The summed E-state index contributed by atoms with van der Waals surface area (Å²) in [5, 5.41) is 3.99. The van der Waals surface area contributed by atoms with Gasteiger partial charge in [-0.3, -0.25) is 9.78 Å². The molecule has 0 saturated carbocycles. The van der Waals surface area contributed by atoms with Crippen LogP contribution in [-0.4, -0.2) is 48.5 Å². The van der Waals surface area contributed by atoms with Crippen LogP contribution in [0.1, 0.15) is 46.8 Å². The highest BCUT2D eigenvalue weighted by Gasteiger charge is 2.29. The molecular formula is C20H22N6O2. The highest BCUT2D eigenvalue weighted by atomic mass is 16.5.